The number of aromatic nitrogens is 1. The van der Waals surface area contributed by atoms with E-state index >= 15 is 0 Å². The van der Waals surface area contributed by atoms with Gasteiger partial charge in [-0.1, -0.05) is 20.8 Å². The summed E-state index contributed by atoms with van der Waals surface area (Å²) in [6.45, 7) is 6.12. The Kier molecular flexibility index (Phi) is 4.22. The van der Waals surface area contributed by atoms with Crippen LogP contribution in [0.25, 0.3) is 10.9 Å². The van der Waals surface area contributed by atoms with Crippen LogP contribution in [0.2, 0.25) is 0 Å². The highest BCUT2D eigenvalue weighted by Crippen LogP contribution is 2.30. The second-order valence-corrected chi connectivity index (χ2v) is 8.08. The normalized spacial score (nSPS) is 14.6. The fourth-order valence-corrected chi connectivity index (χ4v) is 2.86. The minimum absolute atomic E-state index is 0.0538. The van der Waals surface area contributed by atoms with Gasteiger partial charge in [0.25, 0.3) is 5.91 Å². The molecule has 6 nitrogen and oxygen atoms in total. The summed E-state index contributed by atoms with van der Waals surface area (Å²) in [7, 11) is 1.77. The first-order valence-electron chi connectivity index (χ1n) is 8.64. The first kappa shape index (κ1) is 17.3. The lowest BCUT2D eigenvalue weighted by atomic mass is 9.91. The Hall–Kier alpha value is -2.50. The van der Waals surface area contributed by atoms with Crippen LogP contribution in [0.4, 0.5) is 11.5 Å². The van der Waals surface area contributed by atoms with Crippen LogP contribution in [0, 0.1) is 5.41 Å². The lowest BCUT2D eigenvalue weighted by Gasteiger charge is -2.23. The molecule has 1 aliphatic carbocycles. The highest BCUT2D eigenvalue weighted by atomic mass is 16.2. The van der Waals surface area contributed by atoms with Gasteiger partial charge < -0.3 is 20.9 Å². The van der Waals surface area contributed by atoms with Gasteiger partial charge in [0.05, 0.1) is 5.56 Å². The number of amides is 2. The molecule has 0 saturated heterocycles. The number of hydrogen-bond donors (Lipinski definition) is 3. The molecule has 6 heteroatoms. The van der Waals surface area contributed by atoms with Gasteiger partial charge in [0.2, 0.25) is 5.91 Å². The minimum Gasteiger partial charge on any atom is -0.385 e. The molecule has 1 aromatic carbocycles. The number of aromatic amines is 1. The SMILES string of the molecule is CN(C(=O)CC(C)(C)C)c1ccc2c(C(=O)NC3CC3)c(N)[nH]c2c1. The van der Waals surface area contributed by atoms with Crippen molar-refractivity contribution in [1.82, 2.24) is 10.3 Å². The van der Waals surface area contributed by atoms with E-state index in [1.807, 2.05) is 39.0 Å². The zero-order valence-electron chi connectivity index (χ0n) is 15.3. The number of nitrogens with one attached hydrogen (secondary N) is 2. The number of carbonyl (C=O) groups excluding carboxylic acids is 2. The molecule has 0 aliphatic heterocycles. The van der Waals surface area contributed by atoms with Crippen molar-refractivity contribution in [3.63, 3.8) is 0 Å². The molecule has 2 amide bonds. The van der Waals surface area contributed by atoms with Crippen molar-refractivity contribution in [2.45, 2.75) is 46.1 Å². The number of rotatable bonds is 4. The molecule has 0 radical (unpaired) electrons. The van der Waals surface area contributed by atoms with E-state index in [4.69, 9.17) is 5.73 Å². The summed E-state index contributed by atoms with van der Waals surface area (Å²) in [6.07, 6.45) is 2.51. The Bertz CT molecular complexity index is 828. The van der Waals surface area contributed by atoms with Gasteiger partial charge in [0, 0.05) is 36.1 Å². The highest BCUT2D eigenvalue weighted by molar-refractivity contribution is 6.12. The van der Waals surface area contributed by atoms with Gasteiger partial charge in [-0.2, -0.15) is 0 Å². The Labute approximate surface area is 147 Å². The largest absolute Gasteiger partial charge is 0.385 e. The van der Waals surface area contributed by atoms with Crippen LogP contribution >= 0.6 is 0 Å². The third kappa shape index (κ3) is 3.78. The van der Waals surface area contributed by atoms with Gasteiger partial charge in [0.1, 0.15) is 5.82 Å². The predicted octanol–water partition coefficient (Wildman–Crippen LogP) is 3.04. The van der Waals surface area contributed by atoms with Gasteiger partial charge in [-0.05, 0) is 36.5 Å². The van der Waals surface area contributed by atoms with Crippen LogP contribution in [-0.2, 0) is 4.79 Å². The summed E-state index contributed by atoms with van der Waals surface area (Å²) in [5.41, 5.74) is 7.97. The predicted molar refractivity (Wildman–Crippen MR) is 101 cm³/mol. The quantitative estimate of drug-likeness (QED) is 0.797. The molecule has 0 unspecified atom stereocenters. The van der Waals surface area contributed by atoms with Gasteiger partial charge in [-0.3, -0.25) is 9.59 Å². The maximum absolute atomic E-state index is 12.4. The second-order valence-electron chi connectivity index (χ2n) is 8.08. The second kappa shape index (κ2) is 6.10. The van der Waals surface area contributed by atoms with Crippen molar-refractivity contribution >= 4 is 34.2 Å². The summed E-state index contributed by atoms with van der Waals surface area (Å²) in [4.78, 5) is 29.5. The number of nitrogens with two attached hydrogens (primary N) is 1. The number of nitrogens with zero attached hydrogens (tertiary/aromatic N) is 1. The molecule has 2 aromatic rings. The topological polar surface area (TPSA) is 91.2 Å². The average molecular weight is 342 g/mol. The minimum atomic E-state index is -0.142. The number of carbonyl (C=O) groups is 2. The van der Waals surface area contributed by atoms with Crippen molar-refractivity contribution in [3.05, 3.63) is 23.8 Å². The fraction of sp³-hybridized carbons (Fsp3) is 0.474. The first-order chi connectivity index (χ1) is 11.7. The molecule has 1 saturated carbocycles. The van der Waals surface area contributed by atoms with Crippen molar-refractivity contribution < 1.29 is 9.59 Å². The molecule has 4 N–H and O–H groups in total. The van der Waals surface area contributed by atoms with Crippen LogP contribution in [0.5, 0.6) is 0 Å². The van der Waals surface area contributed by atoms with Crippen molar-refractivity contribution in [2.75, 3.05) is 17.7 Å². The van der Waals surface area contributed by atoms with Crippen molar-refractivity contribution in [2.24, 2.45) is 5.41 Å². The number of nitrogen functional groups attached to an aromatic ring is 1. The maximum Gasteiger partial charge on any atom is 0.255 e. The monoisotopic (exact) mass is 342 g/mol. The smallest absolute Gasteiger partial charge is 0.255 e. The Morgan fingerprint density at radius 2 is 2.00 bits per heavy atom. The molecule has 134 valence electrons. The average Bonchev–Trinajstić information content (AvgIpc) is 3.23. The number of H-pyrrole nitrogens is 1. The molecule has 1 aliphatic rings. The molecule has 0 bridgehead atoms. The van der Waals surface area contributed by atoms with E-state index < -0.39 is 0 Å². The van der Waals surface area contributed by atoms with Gasteiger partial charge >= 0.3 is 0 Å². The maximum atomic E-state index is 12.4. The fourth-order valence-electron chi connectivity index (χ4n) is 2.86. The molecular weight excluding hydrogens is 316 g/mol. The highest BCUT2D eigenvalue weighted by Gasteiger charge is 2.27. The van der Waals surface area contributed by atoms with E-state index in [0.717, 1.165) is 29.4 Å². The first-order valence-corrected chi connectivity index (χ1v) is 8.64. The van der Waals surface area contributed by atoms with Crippen molar-refractivity contribution in [1.29, 1.82) is 0 Å². The van der Waals surface area contributed by atoms with E-state index in [2.05, 4.69) is 10.3 Å². The van der Waals surface area contributed by atoms with Gasteiger partial charge in [-0.25, -0.2) is 0 Å². The molecule has 25 heavy (non-hydrogen) atoms. The van der Waals surface area contributed by atoms with Crippen LogP contribution in [-0.4, -0.2) is 29.9 Å². The third-order valence-electron chi connectivity index (χ3n) is 4.39. The zero-order valence-corrected chi connectivity index (χ0v) is 15.3. The van der Waals surface area contributed by atoms with E-state index in [9.17, 15) is 9.59 Å². The zero-order chi connectivity index (χ0) is 18.4. The molecule has 1 fully saturated rings. The lowest BCUT2D eigenvalue weighted by molar-refractivity contribution is -0.120. The number of fused-ring (bicyclic) bond motifs is 1. The van der Waals surface area contributed by atoms with Crippen LogP contribution in [0.15, 0.2) is 18.2 Å². The van der Waals surface area contributed by atoms with E-state index in [1.165, 1.54) is 0 Å². The Morgan fingerprint density at radius 3 is 2.60 bits per heavy atom. The number of anilines is 2. The van der Waals surface area contributed by atoms with Crippen LogP contribution in [0.1, 0.15) is 50.4 Å². The summed E-state index contributed by atoms with van der Waals surface area (Å²) in [6, 6.07) is 5.84. The summed E-state index contributed by atoms with van der Waals surface area (Å²) in [5, 5.41) is 3.74. The molecule has 1 heterocycles. The van der Waals surface area contributed by atoms with Crippen LogP contribution in [0.3, 0.4) is 0 Å². The van der Waals surface area contributed by atoms with Crippen LogP contribution < -0.4 is 16.0 Å². The number of hydrogen-bond acceptors (Lipinski definition) is 3. The molecule has 1 aromatic heterocycles. The lowest BCUT2D eigenvalue weighted by Crippen LogP contribution is -2.29. The summed E-state index contributed by atoms with van der Waals surface area (Å²) < 4.78 is 0. The van der Waals surface area contributed by atoms with E-state index in [1.54, 1.807) is 11.9 Å². The summed E-state index contributed by atoms with van der Waals surface area (Å²) in [5.74, 6) is 0.267. The standard InChI is InChI=1S/C19H26N4O2/c1-19(2,3)10-15(24)23(4)12-7-8-13-14(9-12)22-17(20)16(13)18(25)21-11-5-6-11/h7-9,11,22H,5-6,10,20H2,1-4H3,(H,21,25). The number of benzene rings is 1. The molecule has 0 spiro atoms. The Balaban J connectivity index is 1.88. The van der Waals surface area contributed by atoms with Gasteiger partial charge in [-0.15, -0.1) is 0 Å². The molecule has 0 atom stereocenters. The summed E-state index contributed by atoms with van der Waals surface area (Å²) >= 11 is 0. The van der Waals surface area contributed by atoms with Crippen molar-refractivity contribution in [3.8, 4) is 0 Å². The van der Waals surface area contributed by atoms with E-state index in [-0.39, 0.29) is 23.3 Å². The third-order valence-corrected chi connectivity index (χ3v) is 4.39. The molecular formula is C19H26N4O2. The molecule has 3 rings (SSSR count). The Morgan fingerprint density at radius 1 is 1.32 bits per heavy atom. The van der Waals surface area contributed by atoms with Gasteiger partial charge in [0.15, 0.2) is 0 Å². The van der Waals surface area contributed by atoms with E-state index in [0.29, 0.717) is 17.8 Å².